The molecule has 0 aliphatic carbocycles. The summed E-state index contributed by atoms with van der Waals surface area (Å²) in [5.74, 6) is -1.23. The van der Waals surface area contributed by atoms with Crippen molar-refractivity contribution in [2.75, 3.05) is 17.1 Å². The first-order chi connectivity index (χ1) is 20.1. The molecule has 0 aliphatic heterocycles. The number of hydrogen-bond donors (Lipinski definition) is 1. The number of rotatable bonds is 12. The molecule has 0 aliphatic rings. The molecule has 0 unspecified atom stereocenters. The van der Waals surface area contributed by atoms with Crippen LogP contribution in [0.25, 0.3) is 0 Å². The van der Waals surface area contributed by atoms with E-state index < -0.39 is 51.9 Å². The predicted molar refractivity (Wildman–Crippen MR) is 162 cm³/mol. The first-order valence-corrected chi connectivity index (χ1v) is 15.9. The Kier molecular flexibility index (Phi) is 11.3. The third-order valence-electron chi connectivity index (χ3n) is 6.97. The second-order valence-electron chi connectivity index (χ2n) is 10.5. The van der Waals surface area contributed by atoms with Crippen molar-refractivity contribution in [1.82, 2.24) is 10.2 Å². The van der Waals surface area contributed by atoms with Crippen LogP contribution in [0.2, 0.25) is 5.02 Å². The lowest BCUT2D eigenvalue weighted by Crippen LogP contribution is -2.54. The van der Waals surface area contributed by atoms with E-state index in [1.165, 1.54) is 4.90 Å². The Hall–Kier alpha value is -3.57. The third-order valence-corrected chi connectivity index (χ3v) is 8.41. The van der Waals surface area contributed by atoms with Gasteiger partial charge in [0.2, 0.25) is 21.8 Å². The molecule has 3 rings (SSSR count). The van der Waals surface area contributed by atoms with Crippen LogP contribution in [0.1, 0.15) is 42.5 Å². The number of aryl methyl sites for hydroxylation is 1. The quantitative estimate of drug-likeness (QED) is 0.264. The molecule has 0 aromatic heterocycles. The minimum atomic E-state index is -4.78. The van der Waals surface area contributed by atoms with Gasteiger partial charge in [0.05, 0.1) is 22.5 Å². The minimum absolute atomic E-state index is 0.0571. The van der Waals surface area contributed by atoms with Crippen molar-refractivity contribution in [3.63, 3.8) is 0 Å². The van der Waals surface area contributed by atoms with E-state index in [1.807, 2.05) is 51.1 Å². The van der Waals surface area contributed by atoms with E-state index in [0.717, 1.165) is 29.5 Å². The van der Waals surface area contributed by atoms with Gasteiger partial charge in [0, 0.05) is 19.0 Å². The number of benzene rings is 3. The highest BCUT2D eigenvalue weighted by Crippen LogP contribution is 2.36. The summed E-state index contributed by atoms with van der Waals surface area (Å²) in [6.07, 6.45) is -3.26. The molecule has 3 aromatic rings. The van der Waals surface area contributed by atoms with Gasteiger partial charge in [-0.2, -0.15) is 13.2 Å². The topological polar surface area (TPSA) is 86.8 Å². The van der Waals surface area contributed by atoms with Crippen LogP contribution in [0.3, 0.4) is 0 Å². The van der Waals surface area contributed by atoms with Crippen molar-refractivity contribution in [2.24, 2.45) is 0 Å². The second-order valence-corrected chi connectivity index (χ2v) is 12.8. The first-order valence-electron chi connectivity index (χ1n) is 13.6. The van der Waals surface area contributed by atoms with E-state index in [9.17, 15) is 31.2 Å². The van der Waals surface area contributed by atoms with Crippen molar-refractivity contribution in [2.45, 2.75) is 58.4 Å². The number of sulfonamides is 1. The van der Waals surface area contributed by atoms with E-state index in [0.29, 0.717) is 22.4 Å². The normalized spacial score (nSPS) is 13.2. The number of carbonyl (C=O) groups excluding carboxylic acids is 2. The fourth-order valence-corrected chi connectivity index (χ4v) is 5.48. The van der Waals surface area contributed by atoms with Crippen LogP contribution in [0, 0.1) is 6.92 Å². The van der Waals surface area contributed by atoms with Gasteiger partial charge in [-0.05, 0) is 49.6 Å². The molecule has 0 radical (unpaired) electrons. The molecule has 3 aromatic carbocycles. The molecule has 12 heteroatoms. The molecular formula is C31H35ClF3N3O4S. The van der Waals surface area contributed by atoms with Gasteiger partial charge in [-0.15, -0.1) is 0 Å². The fourth-order valence-electron chi connectivity index (χ4n) is 4.36. The molecule has 2 atom stereocenters. The number of alkyl halides is 3. The molecule has 0 spiro atoms. The Labute approximate surface area is 255 Å². The van der Waals surface area contributed by atoms with Gasteiger partial charge in [0.25, 0.3) is 0 Å². The summed E-state index contributed by atoms with van der Waals surface area (Å²) < 4.78 is 66.9. The first kappa shape index (κ1) is 33.9. The van der Waals surface area contributed by atoms with E-state index in [2.05, 4.69) is 5.32 Å². The number of nitrogens with one attached hydrogen (secondary N) is 1. The summed E-state index contributed by atoms with van der Waals surface area (Å²) in [6, 6.07) is 17.3. The largest absolute Gasteiger partial charge is 0.416 e. The zero-order chi connectivity index (χ0) is 31.9. The van der Waals surface area contributed by atoms with Gasteiger partial charge in [-0.1, -0.05) is 78.7 Å². The Balaban J connectivity index is 2.11. The monoisotopic (exact) mass is 637 g/mol. The van der Waals surface area contributed by atoms with Gasteiger partial charge in [0.15, 0.2) is 0 Å². The molecule has 2 amide bonds. The van der Waals surface area contributed by atoms with Crippen LogP contribution in [0.5, 0.6) is 0 Å². The van der Waals surface area contributed by atoms with Crippen molar-refractivity contribution in [3.8, 4) is 0 Å². The van der Waals surface area contributed by atoms with Gasteiger partial charge in [-0.3, -0.25) is 13.9 Å². The van der Waals surface area contributed by atoms with E-state index in [-0.39, 0.29) is 24.0 Å². The lowest BCUT2D eigenvalue weighted by Gasteiger charge is -2.34. The highest BCUT2D eigenvalue weighted by Gasteiger charge is 2.36. The van der Waals surface area contributed by atoms with E-state index in [4.69, 9.17) is 11.6 Å². The maximum Gasteiger partial charge on any atom is 0.416 e. The van der Waals surface area contributed by atoms with Crippen molar-refractivity contribution in [1.29, 1.82) is 0 Å². The molecule has 0 bridgehead atoms. The molecule has 0 saturated carbocycles. The van der Waals surface area contributed by atoms with Crippen LogP contribution >= 0.6 is 11.6 Å². The van der Waals surface area contributed by atoms with Crippen LogP contribution in [0.4, 0.5) is 18.9 Å². The zero-order valence-electron chi connectivity index (χ0n) is 24.4. The molecule has 0 fully saturated rings. The zero-order valence-corrected chi connectivity index (χ0v) is 25.9. The number of halogens is 4. The van der Waals surface area contributed by atoms with Crippen LogP contribution in [0.15, 0.2) is 72.8 Å². The summed E-state index contributed by atoms with van der Waals surface area (Å²) in [7, 11) is -4.30. The maximum absolute atomic E-state index is 14.1. The molecule has 0 heterocycles. The summed E-state index contributed by atoms with van der Waals surface area (Å²) in [4.78, 5) is 29.1. The number of amides is 2. The summed E-state index contributed by atoms with van der Waals surface area (Å²) >= 11 is 6.19. The molecular weight excluding hydrogens is 603 g/mol. The van der Waals surface area contributed by atoms with Crippen molar-refractivity contribution < 1.29 is 31.2 Å². The molecule has 43 heavy (non-hydrogen) atoms. The Morgan fingerprint density at radius 3 is 2.16 bits per heavy atom. The SMILES string of the molecule is CC[C@@H](C)NC(=O)[C@H](Cc1ccccc1)N(Cc1ccc(C)cc1)C(=O)CN(c1cc(C(F)(F)F)ccc1Cl)S(C)(=O)=O. The summed E-state index contributed by atoms with van der Waals surface area (Å²) in [6.45, 7) is 4.68. The molecule has 232 valence electrons. The smallest absolute Gasteiger partial charge is 0.352 e. The number of hydrogen-bond acceptors (Lipinski definition) is 4. The van der Waals surface area contributed by atoms with Gasteiger partial charge in [-0.25, -0.2) is 8.42 Å². The Morgan fingerprint density at radius 2 is 1.60 bits per heavy atom. The third kappa shape index (κ3) is 9.46. The minimum Gasteiger partial charge on any atom is -0.352 e. The Bertz CT molecular complexity index is 1520. The maximum atomic E-state index is 14.1. The average Bonchev–Trinajstić information content (AvgIpc) is 2.94. The van der Waals surface area contributed by atoms with Crippen LogP contribution in [-0.4, -0.2) is 50.0 Å². The summed E-state index contributed by atoms with van der Waals surface area (Å²) in [5.41, 5.74) is 0.788. The standard InChI is InChI=1S/C31H35ClF3N3O4S/c1-5-22(3)36-30(40)28(17-23-9-7-6-8-10-23)37(19-24-13-11-21(2)12-14-24)29(39)20-38(43(4,41)42)27-18-25(31(33,34)35)15-16-26(27)32/h6-16,18,22,28H,5,17,19-20H2,1-4H3,(H,36,40)/t22-,28+/m1/s1. The lowest BCUT2D eigenvalue weighted by molar-refractivity contribution is -0.140. The molecule has 0 saturated heterocycles. The fraction of sp³-hybridized carbons (Fsp3) is 0.355. The van der Waals surface area contributed by atoms with Gasteiger partial charge in [0.1, 0.15) is 12.6 Å². The summed E-state index contributed by atoms with van der Waals surface area (Å²) in [5, 5.41) is 2.63. The lowest BCUT2D eigenvalue weighted by atomic mass is 10.0. The number of carbonyl (C=O) groups is 2. The van der Waals surface area contributed by atoms with Crippen LogP contribution < -0.4 is 9.62 Å². The predicted octanol–water partition coefficient (Wildman–Crippen LogP) is 5.99. The number of nitrogens with zero attached hydrogens (tertiary/aromatic N) is 2. The number of anilines is 1. The van der Waals surface area contributed by atoms with Crippen molar-refractivity contribution in [3.05, 3.63) is 100 Å². The van der Waals surface area contributed by atoms with Crippen molar-refractivity contribution >= 4 is 39.1 Å². The average molecular weight is 638 g/mol. The molecule has 1 N–H and O–H groups in total. The van der Waals surface area contributed by atoms with Crippen LogP contribution in [-0.2, 0) is 38.8 Å². The second kappa shape index (κ2) is 14.3. The van der Waals surface area contributed by atoms with Gasteiger partial charge >= 0.3 is 6.18 Å². The Morgan fingerprint density at radius 1 is 0.977 bits per heavy atom. The van der Waals surface area contributed by atoms with Gasteiger partial charge < -0.3 is 10.2 Å². The molecule has 7 nitrogen and oxygen atoms in total. The highest BCUT2D eigenvalue weighted by molar-refractivity contribution is 7.92. The van der Waals surface area contributed by atoms with E-state index >= 15 is 0 Å². The van der Waals surface area contributed by atoms with E-state index in [1.54, 1.807) is 24.3 Å². The highest BCUT2D eigenvalue weighted by atomic mass is 35.5.